The summed E-state index contributed by atoms with van der Waals surface area (Å²) in [6, 6.07) is 9.05. The van der Waals surface area contributed by atoms with Gasteiger partial charge in [-0.05, 0) is 36.8 Å². The van der Waals surface area contributed by atoms with E-state index < -0.39 is 28.7 Å². The minimum atomic E-state index is -4.46. The lowest BCUT2D eigenvalue weighted by Crippen LogP contribution is -2.34. The molecule has 0 fully saturated rings. The SMILES string of the molecule is Cc1ccc(S(=O)(=O)Nc2ccc(CC(=O)NCC(F)(F)F)cc2)s1. The zero-order valence-corrected chi connectivity index (χ0v) is 14.7. The molecule has 2 rings (SSSR count). The topological polar surface area (TPSA) is 75.3 Å². The number of sulfonamides is 1. The predicted octanol–water partition coefficient (Wildman–Crippen LogP) is 3.08. The third kappa shape index (κ3) is 6.05. The number of nitrogens with one attached hydrogen (secondary N) is 2. The van der Waals surface area contributed by atoms with Crippen molar-refractivity contribution in [3.05, 3.63) is 46.8 Å². The second-order valence-electron chi connectivity index (χ2n) is 5.24. The number of hydrogen-bond acceptors (Lipinski definition) is 4. The number of amides is 1. The van der Waals surface area contributed by atoms with Crippen molar-refractivity contribution in [3.63, 3.8) is 0 Å². The fourth-order valence-electron chi connectivity index (χ4n) is 1.90. The maximum absolute atomic E-state index is 12.2. The van der Waals surface area contributed by atoms with Crippen LogP contribution in [0.5, 0.6) is 0 Å². The first-order valence-corrected chi connectivity index (χ1v) is 9.37. The van der Waals surface area contributed by atoms with Gasteiger partial charge < -0.3 is 5.32 Å². The van der Waals surface area contributed by atoms with Gasteiger partial charge in [-0.3, -0.25) is 9.52 Å². The Morgan fingerprint density at radius 2 is 1.76 bits per heavy atom. The lowest BCUT2D eigenvalue weighted by Gasteiger charge is -2.09. The van der Waals surface area contributed by atoms with Crippen molar-refractivity contribution in [3.8, 4) is 0 Å². The number of halogens is 3. The summed E-state index contributed by atoms with van der Waals surface area (Å²) in [6.07, 6.45) is -4.69. The molecule has 1 aromatic heterocycles. The average Bonchev–Trinajstić information content (AvgIpc) is 2.94. The number of anilines is 1. The quantitative estimate of drug-likeness (QED) is 0.793. The van der Waals surface area contributed by atoms with E-state index in [1.807, 2.05) is 0 Å². The minimum absolute atomic E-state index is 0.181. The summed E-state index contributed by atoms with van der Waals surface area (Å²) in [6.45, 7) is 0.409. The maximum Gasteiger partial charge on any atom is 0.405 e. The molecular weight excluding hydrogens is 377 g/mol. The van der Waals surface area contributed by atoms with Crippen LogP contribution in [0.1, 0.15) is 10.4 Å². The molecule has 10 heteroatoms. The highest BCUT2D eigenvalue weighted by Gasteiger charge is 2.27. The average molecular weight is 392 g/mol. The number of thiophene rings is 1. The normalized spacial score (nSPS) is 12.0. The molecule has 5 nitrogen and oxygen atoms in total. The number of carbonyl (C=O) groups is 1. The molecule has 0 aliphatic heterocycles. The van der Waals surface area contributed by atoms with Crippen LogP contribution in [-0.4, -0.2) is 27.0 Å². The van der Waals surface area contributed by atoms with Gasteiger partial charge in [-0.15, -0.1) is 11.3 Å². The maximum atomic E-state index is 12.2. The number of hydrogen-bond donors (Lipinski definition) is 2. The third-order valence-electron chi connectivity index (χ3n) is 3.04. The fraction of sp³-hybridized carbons (Fsp3) is 0.267. The summed E-state index contributed by atoms with van der Waals surface area (Å²) in [4.78, 5) is 12.3. The highest BCUT2D eigenvalue weighted by Crippen LogP contribution is 2.23. The van der Waals surface area contributed by atoms with Crippen molar-refractivity contribution in [2.75, 3.05) is 11.3 Å². The van der Waals surface area contributed by atoms with Gasteiger partial charge in [0, 0.05) is 10.6 Å². The Morgan fingerprint density at radius 1 is 1.12 bits per heavy atom. The Hall–Kier alpha value is -2.07. The number of carbonyl (C=O) groups excluding carboxylic acids is 1. The number of aryl methyl sites for hydroxylation is 1. The van der Waals surface area contributed by atoms with Crippen LogP contribution >= 0.6 is 11.3 Å². The van der Waals surface area contributed by atoms with Crippen molar-refractivity contribution >= 4 is 33.0 Å². The van der Waals surface area contributed by atoms with Gasteiger partial charge in [0.25, 0.3) is 10.0 Å². The standard InChI is InChI=1S/C15H15F3N2O3S2/c1-10-2-7-14(24-10)25(22,23)20-12-5-3-11(4-6-12)8-13(21)19-9-15(16,17)18/h2-7,20H,8-9H2,1H3,(H,19,21). The van der Waals surface area contributed by atoms with Crippen molar-refractivity contribution in [1.82, 2.24) is 5.32 Å². The van der Waals surface area contributed by atoms with Crippen LogP contribution < -0.4 is 10.0 Å². The molecule has 0 unspecified atom stereocenters. The third-order valence-corrected chi connectivity index (χ3v) is 5.91. The molecule has 1 heterocycles. The number of alkyl halides is 3. The van der Waals surface area contributed by atoms with Crippen LogP contribution in [-0.2, 0) is 21.2 Å². The van der Waals surface area contributed by atoms with Gasteiger partial charge in [-0.2, -0.15) is 13.2 Å². The van der Waals surface area contributed by atoms with Crippen LogP contribution in [0.4, 0.5) is 18.9 Å². The molecule has 2 N–H and O–H groups in total. The second-order valence-corrected chi connectivity index (χ2v) is 8.43. The summed E-state index contributed by atoms with van der Waals surface area (Å²) in [5, 5.41) is 1.77. The summed E-state index contributed by atoms with van der Waals surface area (Å²) in [5.41, 5.74) is 0.764. The van der Waals surface area contributed by atoms with Gasteiger partial charge in [-0.1, -0.05) is 12.1 Å². The Bertz CT molecular complexity index is 844. The molecule has 0 saturated heterocycles. The largest absolute Gasteiger partial charge is 0.405 e. The second kappa shape index (κ2) is 7.44. The first-order valence-electron chi connectivity index (χ1n) is 7.07. The Kier molecular flexibility index (Phi) is 5.73. The van der Waals surface area contributed by atoms with Crippen LogP contribution in [0.2, 0.25) is 0 Å². The molecule has 0 saturated carbocycles. The Morgan fingerprint density at radius 3 is 2.28 bits per heavy atom. The van der Waals surface area contributed by atoms with Gasteiger partial charge in [0.1, 0.15) is 10.8 Å². The van der Waals surface area contributed by atoms with Gasteiger partial charge in [0.15, 0.2) is 0 Å². The summed E-state index contributed by atoms with van der Waals surface area (Å²) >= 11 is 1.14. The monoisotopic (exact) mass is 392 g/mol. The predicted molar refractivity (Wildman–Crippen MR) is 89.1 cm³/mol. The molecule has 0 radical (unpaired) electrons. The molecule has 25 heavy (non-hydrogen) atoms. The van der Waals surface area contributed by atoms with E-state index in [2.05, 4.69) is 4.72 Å². The van der Waals surface area contributed by atoms with E-state index >= 15 is 0 Å². The smallest absolute Gasteiger partial charge is 0.347 e. The molecule has 0 aliphatic carbocycles. The van der Waals surface area contributed by atoms with Crippen molar-refractivity contribution < 1.29 is 26.4 Å². The molecule has 1 amide bonds. The zero-order valence-electron chi connectivity index (χ0n) is 13.1. The highest BCUT2D eigenvalue weighted by molar-refractivity contribution is 7.94. The first kappa shape index (κ1) is 19.3. The van der Waals surface area contributed by atoms with E-state index in [0.29, 0.717) is 11.3 Å². The molecule has 1 aromatic carbocycles. The summed E-state index contributed by atoms with van der Waals surface area (Å²) in [5.74, 6) is -0.764. The van der Waals surface area contributed by atoms with E-state index in [9.17, 15) is 26.4 Å². The Balaban J connectivity index is 1.97. The van der Waals surface area contributed by atoms with Crippen LogP contribution in [0.25, 0.3) is 0 Å². The highest BCUT2D eigenvalue weighted by atomic mass is 32.2. The molecular formula is C15H15F3N2O3S2. The summed E-state index contributed by atoms with van der Waals surface area (Å²) in [7, 11) is -3.69. The lowest BCUT2D eigenvalue weighted by molar-refractivity contribution is -0.138. The van der Waals surface area contributed by atoms with Crippen molar-refractivity contribution in [1.29, 1.82) is 0 Å². The molecule has 0 atom stereocenters. The molecule has 2 aromatic rings. The minimum Gasteiger partial charge on any atom is -0.347 e. The first-order chi connectivity index (χ1) is 11.5. The van der Waals surface area contributed by atoms with Crippen LogP contribution in [0, 0.1) is 6.92 Å². The van der Waals surface area contributed by atoms with Crippen LogP contribution in [0.3, 0.4) is 0 Å². The van der Waals surface area contributed by atoms with Gasteiger partial charge in [-0.25, -0.2) is 8.42 Å². The summed E-state index contributed by atoms with van der Waals surface area (Å²) < 4.78 is 63.0. The zero-order chi connectivity index (χ0) is 18.7. The van der Waals surface area contributed by atoms with E-state index in [-0.39, 0.29) is 10.6 Å². The molecule has 0 aliphatic rings. The Labute approximate surface area is 146 Å². The van der Waals surface area contributed by atoms with E-state index in [1.54, 1.807) is 18.3 Å². The van der Waals surface area contributed by atoms with E-state index in [4.69, 9.17) is 0 Å². The molecule has 136 valence electrons. The number of benzene rings is 1. The lowest BCUT2D eigenvalue weighted by atomic mass is 10.1. The van der Waals surface area contributed by atoms with Crippen molar-refractivity contribution in [2.45, 2.75) is 23.7 Å². The van der Waals surface area contributed by atoms with Crippen molar-refractivity contribution in [2.24, 2.45) is 0 Å². The van der Waals surface area contributed by atoms with Crippen LogP contribution in [0.15, 0.2) is 40.6 Å². The van der Waals surface area contributed by atoms with E-state index in [1.165, 1.54) is 30.3 Å². The van der Waals surface area contributed by atoms with Gasteiger partial charge >= 0.3 is 6.18 Å². The molecule has 0 bridgehead atoms. The van der Waals surface area contributed by atoms with E-state index in [0.717, 1.165) is 16.2 Å². The molecule has 0 spiro atoms. The van der Waals surface area contributed by atoms with Gasteiger partial charge in [0.2, 0.25) is 5.91 Å². The number of rotatable bonds is 6. The van der Waals surface area contributed by atoms with Gasteiger partial charge in [0.05, 0.1) is 6.42 Å². The fourth-order valence-corrected chi connectivity index (χ4v) is 4.24.